The molecule has 0 aliphatic heterocycles. The maximum absolute atomic E-state index is 10.9. The number of hydrogen-bond donors (Lipinski definition) is 3. The Kier molecular flexibility index (Phi) is 3.22. The van der Waals surface area contributed by atoms with Gasteiger partial charge in [-0.05, 0) is 37.5 Å². The van der Waals surface area contributed by atoms with E-state index < -0.39 is 5.97 Å². The van der Waals surface area contributed by atoms with Crippen LogP contribution >= 0.6 is 0 Å². The average molecular weight is 234 g/mol. The highest BCUT2D eigenvalue weighted by atomic mass is 16.4. The molecular weight excluding hydrogens is 216 g/mol. The molecule has 1 aromatic carbocycles. The minimum atomic E-state index is -0.985. The maximum atomic E-state index is 10.9. The average Bonchev–Trinajstić information content (AvgIpc) is 3.04. The van der Waals surface area contributed by atoms with Crippen molar-refractivity contribution < 1.29 is 9.90 Å². The molecule has 1 unspecified atom stereocenters. The zero-order chi connectivity index (χ0) is 12.4. The number of nitrogen functional groups attached to an aromatic ring is 1. The van der Waals surface area contributed by atoms with E-state index in [9.17, 15) is 4.79 Å². The van der Waals surface area contributed by atoms with E-state index >= 15 is 0 Å². The summed E-state index contributed by atoms with van der Waals surface area (Å²) in [7, 11) is 0. The lowest BCUT2D eigenvalue weighted by atomic mass is 10.1. The first-order chi connectivity index (χ1) is 8.06. The summed E-state index contributed by atoms with van der Waals surface area (Å²) < 4.78 is 0. The Labute approximate surface area is 101 Å². The lowest BCUT2D eigenvalue weighted by Crippen LogP contribution is -2.16. The van der Waals surface area contributed by atoms with Crippen LogP contribution in [0.4, 0.5) is 11.4 Å². The largest absolute Gasteiger partial charge is 0.478 e. The fourth-order valence-electron chi connectivity index (χ4n) is 2.03. The van der Waals surface area contributed by atoms with Gasteiger partial charge in [-0.2, -0.15) is 0 Å². The smallest absolute Gasteiger partial charge is 0.337 e. The van der Waals surface area contributed by atoms with Crippen molar-refractivity contribution in [2.24, 2.45) is 5.92 Å². The molecule has 4 nitrogen and oxygen atoms in total. The summed E-state index contributed by atoms with van der Waals surface area (Å²) in [5.74, 6) is -0.133. The van der Waals surface area contributed by atoms with E-state index in [-0.39, 0.29) is 5.56 Å². The minimum absolute atomic E-state index is 0.161. The van der Waals surface area contributed by atoms with Crippen LogP contribution < -0.4 is 11.1 Å². The molecule has 2 rings (SSSR count). The number of benzene rings is 1. The van der Waals surface area contributed by atoms with Crippen molar-refractivity contribution in [3.05, 3.63) is 23.8 Å². The van der Waals surface area contributed by atoms with Crippen molar-refractivity contribution >= 4 is 17.3 Å². The van der Waals surface area contributed by atoms with Crippen molar-refractivity contribution in [3.63, 3.8) is 0 Å². The molecule has 17 heavy (non-hydrogen) atoms. The lowest BCUT2D eigenvalue weighted by Gasteiger charge is -2.15. The van der Waals surface area contributed by atoms with E-state index in [2.05, 4.69) is 12.2 Å². The van der Waals surface area contributed by atoms with Gasteiger partial charge in [0.1, 0.15) is 0 Å². The summed E-state index contributed by atoms with van der Waals surface area (Å²) in [4.78, 5) is 10.9. The molecule has 1 saturated carbocycles. The zero-order valence-electron chi connectivity index (χ0n) is 9.94. The molecule has 1 aromatic rings. The number of nitrogens with one attached hydrogen (secondary N) is 1. The molecule has 0 saturated heterocycles. The highest BCUT2D eigenvalue weighted by molar-refractivity contribution is 5.94. The lowest BCUT2D eigenvalue weighted by molar-refractivity contribution is 0.0698. The summed E-state index contributed by atoms with van der Waals surface area (Å²) in [5.41, 5.74) is 6.89. The van der Waals surface area contributed by atoms with Gasteiger partial charge in [-0.3, -0.25) is 0 Å². The normalized spacial score (nSPS) is 16.5. The summed E-state index contributed by atoms with van der Waals surface area (Å²) >= 11 is 0. The van der Waals surface area contributed by atoms with Crippen molar-refractivity contribution in [1.82, 2.24) is 0 Å². The summed E-state index contributed by atoms with van der Waals surface area (Å²) in [5, 5.41) is 12.3. The molecule has 0 amide bonds. The van der Waals surface area contributed by atoms with E-state index in [0.29, 0.717) is 11.7 Å². The molecule has 4 N–H and O–H groups in total. The van der Waals surface area contributed by atoms with Crippen LogP contribution in [0, 0.1) is 5.92 Å². The third kappa shape index (κ3) is 3.12. The number of aromatic carboxylic acids is 1. The van der Waals surface area contributed by atoms with Crippen LogP contribution in [0.1, 0.15) is 36.5 Å². The highest BCUT2D eigenvalue weighted by Gasteiger charge is 2.23. The fraction of sp³-hybridized carbons (Fsp3) is 0.462. The van der Waals surface area contributed by atoms with E-state index in [1.54, 1.807) is 12.1 Å². The van der Waals surface area contributed by atoms with Gasteiger partial charge >= 0.3 is 5.97 Å². The second kappa shape index (κ2) is 4.65. The second-order valence-electron chi connectivity index (χ2n) is 4.83. The number of anilines is 2. The van der Waals surface area contributed by atoms with Gasteiger partial charge in [0.25, 0.3) is 0 Å². The summed E-state index contributed by atoms with van der Waals surface area (Å²) in [6.45, 7) is 2.12. The van der Waals surface area contributed by atoms with Crippen LogP contribution in [0.3, 0.4) is 0 Å². The number of carbonyl (C=O) groups is 1. The molecule has 0 radical (unpaired) electrons. The summed E-state index contributed by atoms with van der Waals surface area (Å²) in [6, 6.07) is 5.43. The Morgan fingerprint density at radius 2 is 2.29 bits per heavy atom. The fourth-order valence-corrected chi connectivity index (χ4v) is 2.03. The Hall–Kier alpha value is -1.71. The first-order valence-corrected chi connectivity index (χ1v) is 5.95. The zero-order valence-corrected chi connectivity index (χ0v) is 9.94. The van der Waals surface area contributed by atoms with Crippen LogP contribution in [-0.2, 0) is 0 Å². The predicted molar refractivity (Wildman–Crippen MR) is 68.2 cm³/mol. The van der Waals surface area contributed by atoms with Gasteiger partial charge in [-0.15, -0.1) is 0 Å². The van der Waals surface area contributed by atoms with Gasteiger partial charge in [-0.25, -0.2) is 4.79 Å². The molecule has 4 heteroatoms. The molecule has 0 heterocycles. The van der Waals surface area contributed by atoms with E-state index in [0.717, 1.165) is 18.0 Å². The van der Waals surface area contributed by atoms with Crippen molar-refractivity contribution in [1.29, 1.82) is 0 Å². The standard InChI is InChI=1S/C13H18N2O2/c1-8(6-9-2-3-9)15-10-4-5-12(14)11(7-10)13(16)17/h4-5,7-9,15H,2-3,6,14H2,1H3,(H,16,17). The number of carboxylic acids is 1. The third-order valence-electron chi connectivity index (χ3n) is 3.08. The van der Waals surface area contributed by atoms with Crippen molar-refractivity contribution in [3.8, 4) is 0 Å². The molecule has 1 atom stereocenters. The number of nitrogens with two attached hydrogens (primary N) is 1. The van der Waals surface area contributed by atoms with E-state index in [1.807, 2.05) is 6.07 Å². The van der Waals surface area contributed by atoms with Gasteiger partial charge < -0.3 is 16.2 Å². The minimum Gasteiger partial charge on any atom is -0.478 e. The van der Waals surface area contributed by atoms with Gasteiger partial charge in [0.2, 0.25) is 0 Å². The molecule has 1 aliphatic rings. The molecule has 0 spiro atoms. The molecule has 1 fully saturated rings. The second-order valence-corrected chi connectivity index (χ2v) is 4.83. The first kappa shape index (κ1) is 11.8. The molecule has 1 aliphatic carbocycles. The molecule has 0 aromatic heterocycles. The van der Waals surface area contributed by atoms with Gasteiger partial charge in [-0.1, -0.05) is 12.8 Å². The van der Waals surface area contributed by atoms with E-state index in [4.69, 9.17) is 10.8 Å². The topological polar surface area (TPSA) is 75.3 Å². The Morgan fingerprint density at radius 1 is 1.59 bits per heavy atom. The summed E-state index contributed by atoms with van der Waals surface area (Å²) in [6.07, 6.45) is 3.80. The Bertz CT molecular complexity index is 427. The van der Waals surface area contributed by atoms with Crippen LogP contribution in [0.5, 0.6) is 0 Å². The quantitative estimate of drug-likeness (QED) is 0.684. The van der Waals surface area contributed by atoms with Gasteiger partial charge in [0, 0.05) is 17.4 Å². The van der Waals surface area contributed by atoms with Crippen LogP contribution in [0.25, 0.3) is 0 Å². The van der Waals surface area contributed by atoms with Crippen molar-refractivity contribution in [2.45, 2.75) is 32.2 Å². The third-order valence-corrected chi connectivity index (χ3v) is 3.08. The van der Waals surface area contributed by atoms with Crippen LogP contribution in [0.15, 0.2) is 18.2 Å². The van der Waals surface area contributed by atoms with Gasteiger partial charge in [0.15, 0.2) is 0 Å². The monoisotopic (exact) mass is 234 g/mol. The highest BCUT2D eigenvalue weighted by Crippen LogP contribution is 2.34. The van der Waals surface area contributed by atoms with Crippen molar-refractivity contribution in [2.75, 3.05) is 11.1 Å². The van der Waals surface area contributed by atoms with Crippen LogP contribution in [-0.4, -0.2) is 17.1 Å². The maximum Gasteiger partial charge on any atom is 0.337 e. The number of carboxylic acid groups (broad SMARTS) is 1. The molecule has 92 valence electrons. The van der Waals surface area contributed by atoms with E-state index in [1.165, 1.54) is 12.8 Å². The Balaban J connectivity index is 2.04. The Morgan fingerprint density at radius 3 is 2.88 bits per heavy atom. The predicted octanol–water partition coefficient (Wildman–Crippen LogP) is 2.57. The number of rotatable bonds is 5. The molecular formula is C13H18N2O2. The SMILES string of the molecule is CC(CC1CC1)Nc1ccc(N)c(C(=O)O)c1. The molecule has 0 bridgehead atoms. The van der Waals surface area contributed by atoms with Gasteiger partial charge in [0.05, 0.1) is 5.56 Å². The first-order valence-electron chi connectivity index (χ1n) is 5.95. The number of hydrogen-bond acceptors (Lipinski definition) is 3. The van der Waals surface area contributed by atoms with Crippen LogP contribution in [0.2, 0.25) is 0 Å².